The third-order valence-electron chi connectivity index (χ3n) is 4.01. The smallest absolute Gasteiger partial charge is 0.221 e. The van der Waals surface area contributed by atoms with E-state index in [1.807, 2.05) is 39.0 Å². The zero-order valence-electron chi connectivity index (χ0n) is 16.2. The topological polar surface area (TPSA) is 83.3 Å². The van der Waals surface area contributed by atoms with Crippen LogP contribution in [0, 0.1) is 6.92 Å². The van der Waals surface area contributed by atoms with Crippen LogP contribution in [0.3, 0.4) is 0 Å². The molecule has 0 spiro atoms. The predicted octanol–water partition coefficient (Wildman–Crippen LogP) is 1.81. The van der Waals surface area contributed by atoms with Crippen LogP contribution < -0.4 is 16.0 Å². The fourth-order valence-electron chi connectivity index (χ4n) is 2.83. The Balaban J connectivity index is 1.72. The third-order valence-corrected chi connectivity index (χ3v) is 4.01. The number of benzene rings is 1. The van der Waals surface area contributed by atoms with Gasteiger partial charge in [0.2, 0.25) is 5.91 Å². The van der Waals surface area contributed by atoms with Crippen LogP contribution in [0.1, 0.15) is 32.5 Å². The van der Waals surface area contributed by atoms with Crippen LogP contribution in [0.5, 0.6) is 0 Å². The number of hydrogen-bond donors (Lipinski definition) is 3. The first-order chi connectivity index (χ1) is 12.5. The lowest BCUT2D eigenvalue weighted by molar-refractivity contribution is -0.121. The van der Waals surface area contributed by atoms with Crippen LogP contribution in [0.2, 0.25) is 0 Å². The van der Waals surface area contributed by atoms with Crippen LogP contribution in [0.4, 0.5) is 0 Å². The van der Waals surface area contributed by atoms with E-state index in [-0.39, 0.29) is 11.9 Å². The molecule has 0 saturated carbocycles. The summed E-state index contributed by atoms with van der Waals surface area (Å²) in [6.45, 7) is 8.20. The summed E-state index contributed by atoms with van der Waals surface area (Å²) >= 11 is 0. The lowest BCUT2D eigenvalue weighted by Crippen LogP contribution is -2.40. The number of fused-ring (bicyclic) bond motifs is 1. The molecule has 0 aliphatic rings. The van der Waals surface area contributed by atoms with Crippen molar-refractivity contribution < 1.29 is 4.79 Å². The standard InChI is InChI=1S/C19H30N6O/c1-14(2)23-18(26)10-12-22-19(20-4)21-11-7-13-25-15(3)24-16-8-5-6-9-17(16)25/h5-6,8-9,14H,7,10-13H2,1-4H3,(H,23,26)(H2,20,21,22). The first-order valence-corrected chi connectivity index (χ1v) is 9.17. The van der Waals surface area contributed by atoms with Crippen molar-refractivity contribution in [3.05, 3.63) is 30.1 Å². The number of guanidine groups is 1. The van der Waals surface area contributed by atoms with E-state index in [9.17, 15) is 4.79 Å². The highest BCUT2D eigenvalue weighted by molar-refractivity contribution is 5.81. The molecule has 3 N–H and O–H groups in total. The molecule has 0 aliphatic carbocycles. The molecule has 1 aromatic carbocycles. The van der Waals surface area contributed by atoms with E-state index < -0.39 is 0 Å². The van der Waals surface area contributed by atoms with Gasteiger partial charge in [-0.15, -0.1) is 0 Å². The Hall–Kier alpha value is -2.57. The van der Waals surface area contributed by atoms with Crippen molar-refractivity contribution in [2.45, 2.75) is 46.2 Å². The number of aromatic nitrogens is 2. The van der Waals surface area contributed by atoms with Gasteiger partial charge in [0, 0.05) is 39.1 Å². The van der Waals surface area contributed by atoms with Crippen LogP contribution in [0.25, 0.3) is 11.0 Å². The molecule has 1 aromatic heterocycles. The lowest BCUT2D eigenvalue weighted by atomic mass is 10.3. The van der Waals surface area contributed by atoms with Gasteiger partial charge < -0.3 is 20.5 Å². The minimum Gasteiger partial charge on any atom is -0.356 e. The molecule has 2 rings (SSSR count). The van der Waals surface area contributed by atoms with Crippen LogP contribution in [-0.4, -0.2) is 47.6 Å². The Morgan fingerprint density at radius 1 is 1.23 bits per heavy atom. The quantitative estimate of drug-likeness (QED) is 0.382. The minimum atomic E-state index is 0.0467. The highest BCUT2D eigenvalue weighted by atomic mass is 16.1. The van der Waals surface area contributed by atoms with Crippen LogP contribution in [0.15, 0.2) is 29.3 Å². The molecule has 26 heavy (non-hydrogen) atoms. The maximum atomic E-state index is 11.6. The van der Waals surface area contributed by atoms with Gasteiger partial charge in [-0.2, -0.15) is 0 Å². The second kappa shape index (κ2) is 9.79. The number of carbonyl (C=O) groups is 1. The maximum Gasteiger partial charge on any atom is 0.221 e. The van der Waals surface area contributed by atoms with Gasteiger partial charge in [0.1, 0.15) is 5.82 Å². The van der Waals surface area contributed by atoms with Gasteiger partial charge in [-0.1, -0.05) is 12.1 Å². The van der Waals surface area contributed by atoms with Crippen LogP contribution >= 0.6 is 0 Å². The number of nitrogens with zero attached hydrogens (tertiary/aromatic N) is 3. The molecule has 0 unspecified atom stereocenters. The Kier molecular flexibility index (Phi) is 7.44. The molecule has 0 saturated heterocycles. The molecule has 2 aromatic rings. The van der Waals surface area contributed by atoms with Crippen molar-refractivity contribution in [2.24, 2.45) is 4.99 Å². The van der Waals surface area contributed by atoms with Gasteiger partial charge >= 0.3 is 0 Å². The zero-order valence-corrected chi connectivity index (χ0v) is 16.2. The van der Waals surface area contributed by atoms with Crippen molar-refractivity contribution in [2.75, 3.05) is 20.1 Å². The molecule has 0 radical (unpaired) electrons. The van der Waals surface area contributed by atoms with Gasteiger partial charge in [-0.05, 0) is 39.3 Å². The molecule has 0 atom stereocenters. The fraction of sp³-hybridized carbons (Fsp3) is 0.526. The number of aliphatic imine (C=N–C) groups is 1. The summed E-state index contributed by atoms with van der Waals surface area (Å²) in [5, 5.41) is 9.33. The Labute approximate surface area is 155 Å². The summed E-state index contributed by atoms with van der Waals surface area (Å²) in [6.07, 6.45) is 1.38. The summed E-state index contributed by atoms with van der Waals surface area (Å²) < 4.78 is 2.24. The van der Waals surface area contributed by atoms with E-state index in [1.54, 1.807) is 7.05 Å². The summed E-state index contributed by atoms with van der Waals surface area (Å²) in [5.74, 6) is 1.80. The first-order valence-electron chi connectivity index (χ1n) is 9.17. The minimum absolute atomic E-state index is 0.0467. The molecular formula is C19H30N6O. The SMILES string of the molecule is CN=C(NCCCn1c(C)nc2ccccc21)NCCC(=O)NC(C)C. The molecule has 142 valence electrons. The fourth-order valence-corrected chi connectivity index (χ4v) is 2.83. The Bertz CT molecular complexity index is 750. The number of aryl methyl sites for hydroxylation is 2. The van der Waals surface area contributed by atoms with Gasteiger partial charge in [0.25, 0.3) is 0 Å². The summed E-state index contributed by atoms with van der Waals surface area (Å²) in [5.41, 5.74) is 2.21. The second-order valence-corrected chi connectivity index (χ2v) is 6.55. The average Bonchev–Trinajstić information content (AvgIpc) is 2.91. The van der Waals surface area contributed by atoms with Gasteiger partial charge in [0.05, 0.1) is 11.0 Å². The Morgan fingerprint density at radius 2 is 1.96 bits per heavy atom. The Morgan fingerprint density at radius 3 is 2.69 bits per heavy atom. The molecule has 0 aliphatic heterocycles. The normalized spacial score (nSPS) is 11.8. The molecule has 7 nitrogen and oxygen atoms in total. The van der Waals surface area contributed by atoms with Crippen molar-refractivity contribution in [1.29, 1.82) is 0 Å². The molecule has 0 bridgehead atoms. The lowest BCUT2D eigenvalue weighted by Gasteiger charge is -2.13. The van der Waals surface area contributed by atoms with E-state index in [0.29, 0.717) is 13.0 Å². The molecule has 7 heteroatoms. The number of nitrogens with one attached hydrogen (secondary N) is 3. The van der Waals surface area contributed by atoms with E-state index in [1.165, 1.54) is 5.52 Å². The van der Waals surface area contributed by atoms with Crippen LogP contribution in [-0.2, 0) is 11.3 Å². The number of carbonyl (C=O) groups excluding carboxylic acids is 1. The highest BCUT2D eigenvalue weighted by Crippen LogP contribution is 2.15. The van der Waals surface area contributed by atoms with Gasteiger partial charge in [-0.3, -0.25) is 9.79 Å². The maximum absolute atomic E-state index is 11.6. The summed E-state index contributed by atoms with van der Waals surface area (Å²) in [6, 6.07) is 8.36. The second-order valence-electron chi connectivity index (χ2n) is 6.55. The molecule has 1 heterocycles. The summed E-state index contributed by atoms with van der Waals surface area (Å²) in [7, 11) is 1.73. The number of imidazole rings is 1. The largest absolute Gasteiger partial charge is 0.356 e. The average molecular weight is 358 g/mol. The molecular weight excluding hydrogens is 328 g/mol. The number of hydrogen-bond acceptors (Lipinski definition) is 3. The number of amides is 1. The van der Waals surface area contributed by atoms with Gasteiger partial charge in [-0.25, -0.2) is 4.98 Å². The number of para-hydroxylation sites is 2. The van der Waals surface area contributed by atoms with E-state index in [2.05, 4.69) is 36.6 Å². The van der Waals surface area contributed by atoms with E-state index in [0.717, 1.165) is 36.8 Å². The first kappa shape index (κ1) is 19.8. The van der Waals surface area contributed by atoms with E-state index >= 15 is 0 Å². The third kappa shape index (κ3) is 5.75. The zero-order chi connectivity index (χ0) is 18.9. The van der Waals surface area contributed by atoms with E-state index in [4.69, 9.17) is 0 Å². The summed E-state index contributed by atoms with van der Waals surface area (Å²) in [4.78, 5) is 20.4. The van der Waals surface area contributed by atoms with Crippen molar-refractivity contribution >= 4 is 22.9 Å². The van der Waals surface area contributed by atoms with Crippen molar-refractivity contribution in [1.82, 2.24) is 25.5 Å². The molecule has 0 fully saturated rings. The van der Waals surface area contributed by atoms with Crippen molar-refractivity contribution in [3.8, 4) is 0 Å². The monoisotopic (exact) mass is 358 g/mol. The molecule has 1 amide bonds. The van der Waals surface area contributed by atoms with Crippen molar-refractivity contribution in [3.63, 3.8) is 0 Å². The number of rotatable bonds is 8. The van der Waals surface area contributed by atoms with Gasteiger partial charge in [0.15, 0.2) is 5.96 Å². The highest BCUT2D eigenvalue weighted by Gasteiger charge is 2.07. The predicted molar refractivity (Wildman–Crippen MR) is 106 cm³/mol.